The molecule has 0 heterocycles. The highest BCUT2D eigenvalue weighted by Gasteiger charge is 2.06. The average Bonchev–Trinajstić information content (AvgIpc) is 2.52. The molecule has 2 rings (SSSR count). The zero-order valence-corrected chi connectivity index (χ0v) is 13.3. The van der Waals surface area contributed by atoms with Crippen LogP contribution in [-0.4, -0.2) is 19.1 Å². The quantitative estimate of drug-likeness (QED) is 0.792. The van der Waals surface area contributed by atoms with Gasteiger partial charge in [0, 0.05) is 13.5 Å². The van der Waals surface area contributed by atoms with Gasteiger partial charge in [-0.15, -0.1) is 0 Å². The topological polar surface area (TPSA) is 38.3 Å². The van der Waals surface area contributed by atoms with Gasteiger partial charge in [0.25, 0.3) is 0 Å². The van der Waals surface area contributed by atoms with E-state index in [1.807, 2.05) is 6.07 Å². The molecule has 2 aromatic carbocycles. The summed E-state index contributed by atoms with van der Waals surface area (Å²) in [6.45, 7) is 8.51. The fourth-order valence-corrected chi connectivity index (χ4v) is 2.51. The van der Waals surface area contributed by atoms with Crippen molar-refractivity contribution >= 4 is 16.7 Å². The van der Waals surface area contributed by atoms with Crippen molar-refractivity contribution in [1.29, 1.82) is 0 Å². The monoisotopic (exact) mass is 297 g/mol. The smallest absolute Gasteiger partial charge is 0.216 e. The number of benzene rings is 2. The lowest BCUT2D eigenvalue weighted by Crippen LogP contribution is -2.22. The summed E-state index contributed by atoms with van der Waals surface area (Å²) in [5.74, 6) is 0.850. The van der Waals surface area contributed by atoms with Gasteiger partial charge in [-0.2, -0.15) is 0 Å². The maximum Gasteiger partial charge on any atom is 0.216 e. The van der Waals surface area contributed by atoms with Crippen LogP contribution >= 0.6 is 0 Å². The van der Waals surface area contributed by atoms with E-state index in [-0.39, 0.29) is 5.91 Å². The van der Waals surface area contributed by atoms with Crippen LogP contribution in [0.4, 0.5) is 0 Å². The molecular formula is C19H23NO2. The number of carbonyl (C=O) groups is 1. The summed E-state index contributed by atoms with van der Waals surface area (Å²) in [5.41, 5.74) is 2.55. The highest BCUT2D eigenvalue weighted by Crippen LogP contribution is 2.26. The minimum Gasteiger partial charge on any atom is -0.490 e. The van der Waals surface area contributed by atoms with E-state index in [0.29, 0.717) is 13.2 Å². The first-order valence-electron chi connectivity index (χ1n) is 7.67. The van der Waals surface area contributed by atoms with E-state index in [4.69, 9.17) is 4.74 Å². The van der Waals surface area contributed by atoms with Crippen molar-refractivity contribution in [3.8, 4) is 5.75 Å². The first-order chi connectivity index (χ1) is 10.6. The van der Waals surface area contributed by atoms with Gasteiger partial charge in [-0.05, 0) is 46.9 Å². The summed E-state index contributed by atoms with van der Waals surface area (Å²) < 4.78 is 5.63. The van der Waals surface area contributed by atoms with Crippen LogP contribution in [0.1, 0.15) is 25.0 Å². The molecule has 22 heavy (non-hydrogen) atoms. The van der Waals surface area contributed by atoms with Crippen molar-refractivity contribution in [3.63, 3.8) is 0 Å². The second kappa shape index (κ2) is 7.64. The third-order valence-corrected chi connectivity index (χ3v) is 3.62. The predicted molar refractivity (Wildman–Crippen MR) is 91.4 cm³/mol. The van der Waals surface area contributed by atoms with Crippen molar-refractivity contribution in [2.24, 2.45) is 0 Å². The molecular weight excluding hydrogens is 274 g/mol. The normalized spacial score (nSPS) is 10.5. The number of amides is 1. The molecule has 0 aliphatic rings. The fraction of sp³-hybridized carbons (Fsp3) is 0.316. The van der Waals surface area contributed by atoms with Gasteiger partial charge >= 0.3 is 0 Å². The number of nitrogens with one attached hydrogen (secondary N) is 1. The lowest BCUT2D eigenvalue weighted by atomic mass is 9.97. The van der Waals surface area contributed by atoms with E-state index < -0.39 is 0 Å². The van der Waals surface area contributed by atoms with Gasteiger partial charge in [-0.3, -0.25) is 4.79 Å². The molecule has 0 atom stereocenters. The van der Waals surface area contributed by atoms with Gasteiger partial charge < -0.3 is 10.1 Å². The maximum atomic E-state index is 11.1. The van der Waals surface area contributed by atoms with Crippen LogP contribution in [0.25, 0.3) is 10.8 Å². The predicted octanol–water partition coefficient (Wildman–Crippen LogP) is 3.65. The molecule has 0 saturated carbocycles. The molecule has 0 fully saturated rings. The molecule has 116 valence electrons. The highest BCUT2D eigenvalue weighted by atomic mass is 16.5. The molecule has 2 aromatic rings. The minimum atomic E-state index is 0.00552. The Morgan fingerprint density at radius 3 is 2.82 bits per heavy atom. The van der Waals surface area contributed by atoms with E-state index in [1.165, 1.54) is 21.9 Å². The molecule has 0 unspecified atom stereocenters. The largest absolute Gasteiger partial charge is 0.490 e. The molecule has 0 aromatic heterocycles. The molecule has 0 spiro atoms. The Bertz CT molecular complexity index is 676. The Labute approximate surface area is 132 Å². The highest BCUT2D eigenvalue weighted by molar-refractivity contribution is 5.88. The minimum absolute atomic E-state index is 0.00552. The summed E-state index contributed by atoms with van der Waals surface area (Å²) in [5, 5.41) is 5.26. The van der Waals surface area contributed by atoms with Crippen molar-refractivity contribution in [1.82, 2.24) is 5.32 Å². The summed E-state index contributed by atoms with van der Waals surface area (Å²) in [6, 6.07) is 10.6. The van der Waals surface area contributed by atoms with Crippen LogP contribution in [0.2, 0.25) is 0 Å². The second-order valence-electron chi connectivity index (χ2n) is 5.32. The van der Waals surface area contributed by atoms with Crippen LogP contribution in [-0.2, 0) is 17.6 Å². The Hall–Kier alpha value is -2.29. The van der Waals surface area contributed by atoms with E-state index in [9.17, 15) is 4.79 Å². The summed E-state index contributed by atoms with van der Waals surface area (Å²) in [7, 11) is 0. The number of rotatable bonds is 7. The number of hydrogen-bond donors (Lipinski definition) is 1. The zero-order valence-electron chi connectivity index (χ0n) is 13.3. The van der Waals surface area contributed by atoms with Gasteiger partial charge in [-0.1, -0.05) is 37.8 Å². The zero-order chi connectivity index (χ0) is 15.9. The number of carbonyl (C=O) groups excluding carboxylic acids is 1. The Morgan fingerprint density at radius 2 is 2.14 bits per heavy atom. The van der Waals surface area contributed by atoms with Gasteiger partial charge in [0.2, 0.25) is 5.91 Å². The summed E-state index contributed by atoms with van der Waals surface area (Å²) in [6.07, 6.45) is 3.55. The molecule has 1 amide bonds. The van der Waals surface area contributed by atoms with Crippen LogP contribution in [0.5, 0.6) is 5.75 Å². The Kier molecular flexibility index (Phi) is 5.59. The molecule has 0 radical (unpaired) electrons. The molecule has 3 heteroatoms. The molecule has 3 nitrogen and oxygen atoms in total. The van der Waals surface area contributed by atoms with E-state index >= 15 is 0 Å². The second-order valence-corrected chi connectivity index (χ2v) is 5.32. The maximum absolute atomic E-state index is 11.1. The SMILES string of the molecule is C=CCOc1ccc2cc(CC)cc(CCNC(C)=O)c2c1. The fourth-order valence-electron chi connectivity index (χ4n) is 2.51. The Morgan fingerprint density at radius 1 is 1.32 bits per heavy atom. The van der Waals surface area contributed by atoms with Crippen molar-refractivity contribution in [2.45, 2.75) is 26.7 Å². The third kappa shape index (κ3) is 4.10. The van der Waals surface area contributed by atoms with Crippen LogP contribution in [0, 0.1) is 0 Å². The van der Waals surface area contributed by atoms with E-state index in [0.717, 1.165) is 18.6 Å². The lowest BCUT2D eigenvalue weighted by molar-refractivity contribution is -0.118. The van der Waals surface area contributed by atoms with Gasteiger partial charge in [0.05, 0.1) is 0 Å². The molecule has 0 saturated heterocycles. The summed E-state index contributed by atoms with van der Waals surface area (Å²) >= 11 is 0. The van der Waals surface area contributed by atoms with Crippen LogP contribution in [0.3, 0.4) is 0 Å². The van der Waals surface area contributed by atoms with Crippen molar-refractivity contribution < 1.29 is 9.53 Å². The molecule has 0 aliphatic carbocycles. The van der Waals surface area contributed by atoms with Gasteiger partial charge in [0.1, 0.15) is 12.4 Å². The third-order valence-electron chi connectivity index (χ3n) is 3.62. The van der Waals surface area contributed by atoms with Crippen molar-refractivity contribution in [2.75, 3.05) is 13.2 Å². The van der Waals surface area contributed by atoms with E-state index in [1.54, 1.807) is 13.0 Å². The van der Waals surface area contributed by atoms with Gasteiger partial charge in [0.15, 0.2) is 0 Å². The number of fused-ring (bicyclic) bond motifs is 1. The van der Waals surface area contributed by atoms with E-state index in [2.05, 4.69) is 43.1 Å². The molecule has 1 N–H and O–H groups in total. The van der Waals surface area contributed by atoms with Crippen LogP contribution < -0.4 is 10.1 Å². The number of ether oxygens (including phenoxy) is 1. The number of hydrogen-bond acceptors (Lipinski definition) is 2. The Balaban J connectivity index is 2.35. The molecule has 0 bridgehead atoms. The standard InChI is InChI=1S/C19H23NO2/c1-4-10-22-18-7-6-16-11-15(5-2)12-17(19(16)13-18)8-9-20-14(3)21/h4,6-7,11-13H,1,5,8-10H2,2-3H3,(H,20,21). The first kappa shape index (κ1) is 16.1. The van der Waals surface area contributed by atoms with Crippen LogP contribution in [0.15, 0.2) is 43.0 Å². The first-order valence-corrected chi connectivity index (χ1v) is 7.67. The van der Waals surface area contributed by atoms with Crippen molar-refractivity contribution in [3.05, 3.63) is 54.1 Å². The summed E-state index contributed by atoms with van der Waals surface area (Å²) in [4.78, 5) is 11.1. The number of aryl methyl sites for hydroxylation is 1. The molecule has 0 aliphatic heterocycles. The lowest BCUT2D eigenvalue weighted by Gasteiger charge is -2.12. The van der Waals surface area contributed by atoms with Gasteiger partial charge in [-0.25, -0.2) is 0 Å². The average molecular weight is 297 g/mol.